The Hall–Kier alpha value is -2.54. The van der Waals surface area contributed by atoms with E-state index in [1.807, 2.05) is 0 Å². The minimum absolute atomic E-state index is 0.132. The number of ketones is 1. The molecule has 1 fully saturated rings. The molecular formula is C18H11ClFN5O3S3. The largest absolute Gasteiger partial charge is 0.293 e. The van der Waals surface area contributed by atoms with Crippen LogP contribution in [0.3, 0.4) is 0 Å². The Kier molecular flexibility index (Phi) is 6.23. The molecule has 1 saturated heterocycles. The molecule has 2 amide bonds. The second-order valence-corrected chi connectivity index (χ2v) is 9.73. The average Bonchev–Trinajstić information content (AvgIpc) is 3.36. The number of halogens is 2. The third-order valence-electron chi connectivity index (χ3n) is 3.95. The van der Waals surface area contributed by atoms with E-state index in [4.69, 9.17) is 11.6 Å². The molecule has 0 spiro atoms. The van der Waals surface area contributed by atoms with E-state index in [-0.39, 0.29) is 15.6 Å². The first-order valence-corrected chi connectivity index (χ1v) is 11.4. The van der Waals surface area contributed by atoms with Crippen molar-refractivity contribution in [3.8, 4) is 0 Å². The number of H-pyrrole nitrogens is 1. The Labute approximate surface area is 192 Å². The SMILES string of the molecule is Cc1nc(Sc2nc(Cl)c(/C=C3\SC(=O)N(CC(=O)c4ccc(F)cc4)C3=O)s2)n[nH]1. The van der Waals surface area contributed by atoms with Crippen LogP contribution in [0.25, 0.3) is 6.08 Å². The summed E-state index contributed by atoms with van der Waals surface area (Å²) < 4.78 is 13.6. The molecule has 0 saturated carbocycles. The molecule has 0 atom stereocenters. The van der Waals surface area contributed by atoms with Crippen molar-refractivity contribution in [2.45, 2.75) is 16.4 Å². The van der Waals surface area contributed by atoms with Crippen molar-refractivity contribution >= 4 is 69.5 Å². The van der Waals surface area contributed by atoms with Gasteiger partial charge in [-0.25, -0.2) is 14.4 Å². The zero-order valence-electron chi connectivity index (χ0n) is 15.6. The molecule has 4 rings (SSSR count). The number of aryl methyl sites for hydroxylation is 1. The molecule has 1 N–H and O–H groups in total. The van der Waals surface area contributed by atoms with Gasteiger partial charge in [0.05, 0.1) is 16.3 Å². The monoisotopic (exact) mass is 495 g/mol. The molecule has 0 unspecified atom stereocenters. The van der Waals surface area contributed by atoms with Gasteiger partial charge < -0.3 is 0 Å². The topological polar surface area (TPSA) is 109 Å². The highest BCUT2D eigenvalue weighted by molar-refractivity contribution is 8.18. The molecular weight excluding hydrogens is 485 g/mol. The summed E-state index contributed by atoms with van der Waals surface area (Å²) in [5.74, 6) is -0.898. The van der Waals surface area contributed by atoms with Crippen molar-refractivity contribution in [1.29, 1.82) is 0 Å². The lowest BCUT2D eigenvalue weighted by atomic mass is 10.1. The highest BCUT2D eigenvalue weighted by atomic mass is 35.5. The number of benzene rings is 1. The number of thiazole rings is 1. The fourth-order valence-corrected chi connectivity index (χ4v) is 5.61. The van der Waals surface area contributed by atoms with Crippen molar-refractivity contribution in [2.24, 2.45) is 0 Å². The first kappa shape index (κ1) is 21.7. The normalized spacial score (nSPS) is 15.3. The van der Waals surface area contributed by atoms with Crippen LogP contribution in [0.4, 0.5) is 9.18 Å². The molecule has 13 heteroatoms. The molecule has 3 heterocycles. The van der Waals surface area contributed by atoms with E-state index < -0.39 is 29.3 Å². The Morgan fingerprint density at radius 3 is 2.71 bits per heavy atom. The van der Waals surface area contributed by atoms with Gasteiger partial charge in [-0.1, -0.05) is 11.6 Å². The maximum Gasteiger partial charge on any atom is 0.293 e. The molecule has 0 aliphatic carbocycles. The molecule has 1 aliphatic heterocycles. The molecule has 0 radical (unpaired) electrons. The fraction of sp³-hybridized carbons (Fsp3) is 0.111. The maximum absolute atomic E-state index is 13.0. The van der Waals surface area contributed by atoms with Crippen LogP contribution in [0, 0.1) is 12.7 Å². The number of nitrogens with one attached hydrogen (secondary N) is 1. The number of aromatic nitrogens is 4. The van der Waals surface area contributed by atoms with E-state index in [1.54, 1.807) is 6.92 Å². The Bertz CT molecular complexity index is 1220. The van der Waals surface area contributed by atoms with Gasteiger partial charge in [0.1, 0.15) is 16.8 Å². The lowest BCUT2D eigenvalue weighted by Gasteiger charge is -2.11. The van der Waals surface area contributed by atoms with E-state index >= 15 is 0 Å². The molecule has 2 aromatic heterocycles. The summed E-state index contributed by atoms with van der Waals surface area (Å²) in [4.78, 5) is 47.2. The lowest BCUT2D eigenvalue weighted by molar-refractivity contribution is -0.122. The summed E-state index contributed by atoms with van der Waals surface area (Å²) >= 11 is 9.32. The highest BCUT2D eigenvalue weighted by Crippen LogP contribution is 2.38. The van der Waals surface area contributed by atoms with Gasteiger partial charge in [-0.2, -0.15) is 0 Å². The van der Waals surface area contributed by atoms with Gasteiger partial charge in [0, 0.05) is 5.56 Å². The summed E-state index contributed by atoms with van der Waals surface area (Å²) in [6.07, 6.45) is 1.47. The van der Waals surface area contributed by atoms with Crippen molar-refractivity contribution in [2.75, 3.05) is 6.54 Å². The number of imide groups is 1. The average molecular weight is 496 g/mol. The maximum atomic E-state index is 13.0. The fourth-order valence-electron chi connectivity index (χ4n) is 2.50. The van der Waals surface area contributed by atoms with Crippen molar-refractivity contribution in [3.63, 3.8) is 0 Å². The van der Waals surface area contributed by atoms with E-state index in [2.05, 4.69) is 20.2 Å². The second kappa shape index (κ2) is 8.91. The van der Waals surface area contributed by atoms with E-state index in [0.29, 0.717) is 32.0 Å². The van der Waals surface area contributed by atoms with Crippen LogP contribution < -0.4 is 0 Å². The van der Waals surface area contributed by atoms with Gasteiger partial charge in [0.25, 0.3) is 11.1 Å². The number of amides is 2. The van der Waals surface area contributed by atoms with Crippen LogP contribution in [-0.2, 0) is 4.79 Å². The molecule has 0 bridgehead atoms. The summed E-state index contributed by atoms with van der Waals surface area (Å²) in [5, 5.41) is 6.83. The van der Waals surface area contributed by atoms with Crippen molar-refractivity contribution in [1.82, 2.24) is 25.1 Å². The summed E-state index contributed by atoms with van der Waals surface area (Å²) in [6.45, 7) is 1.34. The molecule has 3 aromatic rings. The van der Waals surface area contributed by atoms with Gasteiger partial charge in [0.2, 0.25) is 5.16 Å². The quantitative estimate of drug-likeness (QED) is 0.395. The Morgan fingerprint density at radius 1 is 1.29 bits per heavy atom. The predicted octanol–water partition coefficient (Wildman–Crippen LogP) is 4.43. The van der Waals surface area contributed by atoms with Crippen LogP contribution in [-0.4, -0.2) is 48.5 Å². The number of rotatable bonds is 6. The van der Waals surface area contributed by atoms with E-state index in [9.17, 15) is 18.8 Å². The molecule has 1 aliphatic rings. The van der Waals surface area contributed by atoms with Crippen molar-refractivity contribution in [3.05, 3.63) is 56.4 Å². The third-order valence-corrected chi connectivity index (χ3v) is 7.18. The van der Waals surface area contributed by atoms with Gasteiger partial charge in [-0.3, -0.25) is 24.4 Å². The smallest absolute Gasteiger partial charge is 0.292 e. The Balaban J connectivity index is 1.49. The van der Waals surface area contributed by atoms with Gasteiger partial charge in [0.15, 0.2) is 10.1 Å². The number of aromatic amines is 1. The number of carbonyl (C=O) groups excluding carboxylic acids is 3. The third kappa shape index (κ3) is 4.87. The van der Waals surface area contributed by atoms with E-state index in [1.165, 1.54) is 41.3 Å². The predicted molar refractivity (Wildman–Crippen MR) is 116 cm³/mol. The second-order valence-electron chi connectivity index (χ2n) is 6.14. The number of hydrogen-bond acceptors (Lipinski definition) is 9. The van der Waals surface area contributed by atoms with Gasteiger partial charge >= 0.3 is 0 Å². The number of hydrogen-bond donors (Lipinski definition) is 1. The molecule has 31 heavy (non-hydrogen) atoms. The number of nitrogens with zero attached hydrogens (tertiary/aromatic N) is 4. The minimum Gasteiger partial charge on any atom is -0.292 e. The molecule has 1 aromatic carbocycles. The standard InChI is InChI=1S/C18H11ClFN5O3S3/c1-8-21-16(24-23-8)31-17-22-14(19)12(29-17)6-13-15(27)25(18(28)30-13)7-11(26)9-2-4-10(20)5-3-9/h2-6H,7H2,1H3,(H,21,23,24)/b13-6-. The summed E-state index contributed by atoms with van der Waals surface area (Å²) in [7, 11) is 0. The van der Waals surface area contributed by atoms with Gasteiger partial charge in [-0.05, 0) is 60.8 Å². The Morgan fingerprint density at radius 2 is 2.03 bits per heavy atom. The first-order valence-electron chi connectivity index (χ1n) is 8.57. The lowest BCUT2D eigenvalue weighted by Crippen LogP contribution is -2.33. The van der Waals surface area contributed by atoms with Gasteiger partial charge in [-0.15, -0.1) is 16.4 Å². The number of Topliss-reactive ketones (excluding diaryl/α,β-unsaturated/α-hetero) is 1. The minimum atomic E-state index is -0.603. The van der Waals surface area contributed by atoms with Crippen LogP contribution in [0.2, 0.25) is 5.15 Å². The summed E-state index contributed by atoms with van der Waals surface area (Å²) in [5.41, 5.74) is 0.207. The van der Waals surface area contributed by atoms with Crippen molar-refractivity contribution < 1.29 is 18.8 Å². The van der Waals surface area contributed by atoms with Crippen LogP contribution in [0.15, 0.2) is 38.7 Å². The van der Waals surface area contributed by atoms with Crippen LogP contribution in [0.5, 0.6) is 0 Å². The van der Waals surface area contributed by atoms with Crippen LogP contribution >= 0.6 is 46.5 Å². The first-order chi connectivity index (χ1) is 14.8. The number of carbonyl (C=O) groups is 3. The summed E-state index contributed by atoms with van der Waals surface area (Å²) in [6, 6.07) is 4.89. The molecule has 158 valence electrons. The highest BCUT2D eigenvalue weighted by Gasteiger charge is 2.36. The van der Waals surface area contributed by atoms with Crippen LogP contribution in [0.1, 0.15) is 21.1 Å². The molecule has 8 nitrogen and oxygen atoms in total. The zero-order chi connectivity index (χ0) is 22.1. The zero-order valence-corrected chi connectivity index (χ0v) is 18.8. The number of thioether (sulfide) groups is 1. The van der Waals surface area contributed by atoms with E-state index in [0.717, 1.165) is 17.0 Å².